The predicted octanol–water partition coefficient (Wildman–Crippen LogP) is 6.92. The normalized spacial score (nSPS) is 14.6. The molecule has 2 aromatic heterocycles. The Morgan fingerprint density at radius 3 is 2.51 bits per heavy atom. The van der Waals surface area contributed by atoms with E-state index < -0.39 is 17.8 Å². The maximum atomic E-state index is 13.4. The number of benzene rings is 1. The Labute approximate surface area is 242 Å². The summed E-state index contributed by atoms with van der Waals surface area (Å²) < 4.78 is 14.8. The van der Waals surface area contributed by atoms with E-state index in [1.54, 1.807) is 59.1 Å². The topological polar surface area (TPSA) is 103 Å². The van der Waals surface area contributed by atoms with Gasteiger partial charge in [-0.25, -0.2) is 4.39 Å². The van der Waals surface area contributed by atoms with Crippen LogP contribution in [0.15, 0.2) is 79.3 Å². The molecule has 41 heavy (non-hydrogen) atoms. The van der Waals surface area contributed by atoms with Gasteiger partial charge in [0.05, 0.1) is 19.2 Å². The standard InChI is InChI=1S/C28H30FN5O3.2C2H6/c1-17(10-11-19(3)29)14-34-26-18(2)15-33(28(37)24-9-6-12-30-24)16-23(26)25(32-34)27(36)31-22-8-5-7-21(13-22)20(4)35;2*1-2/h5-13,18,20,30,35H,1,3,14-16H2,2,4H3,(H,31,36);2*1-2H3/b11-10-;;/t18-,20+;;/m1../s1. The van der Waals surface area contributed by atoms with Crippen molar-refractivity contribution in [1.29, 1.82) is 0 Å². The van der Waals surface area contributed by atoms with E-state index in [0.29, 0.717) is 34.6 Å². The molecule has 1 aliphatic heterocycles. The number of hydrogen-bond donors (Lipinski definition) is 3. The number of rotatable bonds is 8. The first-order chi connectivity index (χ1) is 19.6. The summed E-state index contributed by atoms with van der Waals surface area (Å²) in [6.45, 7) is 19.7. The van der Waals surface area contributed by atoms with Crippen molar-refractivity contribution in [2.45, 2.75) is 66.7 Å². The number of aliphatic hydroxyl groups is 1. The van der Waals surface area contributed by atoms with Crippen LogP contribution in [0.5, 0.6) is 0 Å². The minimum atomic E-state index is -0.684. The van der Waals surface area contributed by atoms with E-state index in [9.17, 15) is 19.1 Å². The van der Waals surface area contributed by atoms with Gasteiger partial charge >= 0.3 is 0 Å². The fraction of sp³-hybridized carbons (Fsp3) is 0.344. The molecule has 3 aromatic rings. The third-order valence-corrected chi connectivity index (χ3v) is 6.21. The lowest BCUT2D eigenvalue weighted by Crippen LogP contribution is -2.38. The lowest BCUT2D eigenvalue weighted by Gasteiger charge is -2.32. The van der Waals surface area contributed by atoms with Crippen LogP contribution in [0.1, 0.15) is 91.4 Å². The fourth-order valence-electron chi connectivity index (χ4n) is 4.50. The van der Waals surface area contributed by atoms with Gasteiger partial charge in [0.15, 0.2) is 5.69 Å². The Bertz CT molecular complexity index is 1370. The van der Waals surface area contributed by atoms with E-state index >= 15 is 0 Å². The number of anilines is 1. The number of allylic oxidation sites excluding steroid dienone is 4. The Morgan fingerprint density at radius 1 is 1.20 bits per heavy atom. The number of hydrogen-bond acceptors (Lipinski definition) is 4. The number of H-pyrrole nitrogens is 1. The van der Waals surface area contributed by atoms with Gasteiger partial charge in [0.1, 0.15) is 11.5 Å². The average Bonchev–Trinajstić information content (AvgIpc) is 3.63. The van der Waals surface area contributed by atoms with Crippen LogP contribution in [-0.2, 0) is 13.1 Å². The van der Waals surface area contributed by atoms with Gasteiger partial charge in [0.2, 0.25) is 0 Å². The van der Waals surface area contributed by atoms with Crippen LogP contribution < -0.4 is 5.32 Å². The number of fused-ring (bicyclic) bond motifs is 1. The Hall–Kier alpha value is -4.24. The summed E-state index contributed by atoms with van der Waals surface area (Å²) in [7, 11) is 0. The monoisotopic (exact) mass is 563 g/mol. The van der Waals surface area contributed by atoms with Gasteiger partial charge in [-0.3, -0.25) is 14.3 Å². The number of aromatic amines is 1. The van der Waals surface area contributed by atoms with Crippen LogP contribution in [0.3, 0.4) is 0 Å². The molecule has 0 spiro atoms. The summed E-state index contributed by atoms with van der Waals surface area (Å²) in [5, 5.41) is 17.4. The lowest BCUT2D eigenvalue weighted by molar-refractivity contribution is 0.0711. The molecule has 2 atom stereocenters. The average molecular weight is 564 g/mol. The molecule has 1 aliphatic rings. The molecule has 0 fully saturated rings. The van der Waals surface area contributed by atoms with Crippen molar-refractivity contribution in [3.05, 3.63) is 108 Å². The van der Waals surface area contributed by atoms with Gasteiger partial charge in [-0.1, -0.05) is 66.0 Å². The van der Waals surface area contributed by atoms with E-state index in [-0.39, 0.29) is 30.6 Å². The largest absolute Gasteiger partial charge is 0.389 e. The summed E-state index contributed by atoms with van der Waals surface area (Å²) in [6.07, 6.45) is 3.75. The minimum absolute atomic E-state index is 0.122. The predicted molar refractivity (Wildman–Crippen MR) is 162 cm³/mol. The summed E-state index contributed by atoms with van der Waals surface area (Å²) >= 11 is 0. The zero-order chi connectivity index (χ0) is 30.7. The van der Waals surface area contributed by atoms with Gasteiger partial charge in [-0.05, 0) is 48.4 Å². The van der Waals surface area contributed by atoms with Crippen LogP contribution in [0, 0.1) is 0 Å². The first-order valence-corrected chi connectivity index (χ1v) is 14.0. The molecular formula is C32H42FN5O3. The third kappa shape index (κ3) is 8.38. The van der Waals surface area contributed by atoms with E-state index in [1.165, 1.54) is 12.2 Å². The van der Waals surface area contributed by atoms with Gasteiger partial charge in [-0.2, -0.15) is 5.10 Å². The molecule has 4 rings (SSSR count). The number of amides is 2. The first kappa shape index (κ1) is 33.0. The lowest BCUT2D eigenvalue weighted by atomic mass is 9.95. The zero-order valence-electron chi connectivity index (χ0n) is 24.9. The number of aromatic nitrogens is 3. The van der Waals surface area contributed by atoms with E-state index in [1.807, 2.05) is 34.6 Å². The maximum Gasteiger partial charge on any atom is 0.276 e. The highest BCUT2D eigenvalue weighted by Crippen LogP contribution is 2.32. The van der Waals surface area contributed by atoms with Gasteiger partial charge in [-0.15, -0.1) is 0 Å². The number of nitrogens with one attached hydrogen (secondary N) is 2. The van der Waals surface area contributed by atoms with Crippen molar-refractivity contribution in [3.63, 3.8) is 0 Å². The molecule has 220 valence electrons. The zero-order valence-corrected chi connectivity index (χ0v) is 24.9. The van der Waals surface area contributed by atoms with Crippen molar-refractivity contribution in [2.24, 2.45) is 0 Å². The molecule has 9 heteroatoms. The number of aliphatic hydroxyl groups excluding tert-OH is 1. The molecule has 0 saturated carbocycles. The highest BCUT2D eigenvalue weighted by molar-refractivity contribution is 6.04. The van der Waals surface area contributed by atoms with E-state index in [0.717, 1.165) is 5.69 Å². The van der Waals surface area contributed by atoms with Crippen molar-refractivity contribution >= 4 is 17.5 Å². The van der Waals surface area contributed by atoms with Crippen LogP contribution in [0.4, 0.5) is 10.1 Å². The highest BCUT2D eigenvalue weighted by Gasteiger charge is 2.34. The SMILES string of the molecule is C=C(F)/C=C\C(=C)Cn1nc(C(=O)Nc2cccc([C@H](C)O)c2)c2c1[C@H](C)CN(C(=O)c1ccc[nH]1)C2.CC.CC. The van der Waals surface area contributed by atoms with Crippen molar-refractivity contribution in [1.82, 2.24) is 19.7 Å². The molecule has 2 amide bonds. The Kier molecular flexibility index (Phi) is 12.5. The highest BCUT2D eigenvalue weighted by atomic mass is 19.1. The third-order valence-electron chi connectivity index (χ3n) is 6.21. The van der Waals surface area contributed by atoms with Gasteiger partial charge < -0.3 is 20.3 Å². The molecule has 0 unspecified atom stereocenters. The summed E-state index contributed by atoms with van der Waals surface area (Å²) in [4.78, 5) is 31.2. The maximum absolute atomic E-state index is 13.4. The second kappa shape index (κ2) is 15.5. The second-order valence-electron chi connectivity index (χ2n) is 9.23. The van der Waals surface area contributed by atoms with Crippen molar-refractivity contribution in [3.8, 4) is 0 Å². The van der Waals surface area contributed by atoms with Crippen LogP contribution in [0.25, 0.3) is 0 Å². The van der Waals surface area contributed by atoms with Crippen LogP contribution in [0.2, 0.25) is 0 Å². The molecule has 0 radical (unpaired) electrons. The molecular weight excluding hydrogens is 521 g/mol. The minimum Gasteiger partial charge on any atom is -0.389 e. The summed E-state index contributed by atoms with van der Waals surface area (Å²) in [6, 6.07) is 10.4. The molecule has 0 bridgehead atoms. The molecule has 8 nitrogen and oxygen atoms in total. The number of halogens is 1. The van der Waals surface area contributed by atoms with Crippen LogP contribution >= 0.6 is 0 Å². The van der Waals surface area contributed by atoms with Crippen molar-refractivity contribution in [2.75, 3.05) is 11.9 Å². The van der Waals surface area contributed by atoms with Crippen molar-refractivity contribution < 1.29 is 19.1 Å². The molecule has 3 heterocycles. The quantitative estimate of drug-likeness (QED) is 0.259. The molecule has 3 N–H and O–H groups in total. The molecule has 0 aliphatic carbocycles. The summed E-state index contributed by atoms with van der Waals surface area (Å²) in [5.41, 5.74) is 3.90. The number of nitrogens with zero attached hydrogens (tertiary/aromatic N) is 3. The summed E-state index contributed by atoms with van der Waals surface area (Å²) in [5.74, 6) is -1.31. The number of carbonyl (C=O) groups is 2. The van der Waals surface area contributed by atoms with E-state index in [2.05, 4.69) is 28.6 Å². The smallest absolute Gasteiger partial charge is 0.276 e. The molecule has 1 aromatic carbocycles. The second-order valence-corrected chi connectivity index (χ2v) is 9.23. The Balaban J connectivity index is 0.00000141. The van der Waals surface area contributed by atoms with Gasteiger partial charge in [0, 0.05) is 35.6 Å². The number of carbonyl (C=O) groups excluding carboxylic acids is 2. The van der Waals surface area contributed by atoms with Gasteiger partial charge in [0.25, 0.3) is 11.8 Å². The van der Waals surface area contributed by atoms with E-state index in [4.69, 9.17) is 0 Å². The molecule has 0 saturated heterocycles. The first-order valence-electron chi connectivity index (χ1n) is 14.0. The fourth-order valence-corrected chi connectivity index (χ4v) is 4.50. The van der Waals surface area contributed by atoms with Crippen LogP contribution in [-0.4, -0.2) is 43.1 Å². The Morgan fingerprint density at radius 2 is 1.90 bits per heavy atom.